The van der Waals surface area contributed by atoms with E-state index in [4.69, 9.17) is 5.11 Å². The zero-order chi connectivity index (χ0) is 12.3. The summed E-state index contributed by atoms with van der Waals surface area (Å²) < 4.78 is 0. The molecule has 2 aromatic heterocycles. The molecule has 2 aromatic rings. The van der Waals surface area contributed by atoms with Gasteiger partial charge in [-0.2, -0.15) is 0 Å². The number of carboxylic acids is 1. The molecule has 2 heterocycles. The minimum Gasteiger partial charge on any atom is -0.478 e. The second-order valence-corrected chi connectivity index (χ2v) is 4.50. The van der Waals surface area contributed by atoms with Gasteiger partial charge in [0.15, 0.2) is 0 Å². The van der Waals surface area contributed by atoms with Crippen molar-refractivity contribution in [3.05, 3.63) is 47.8 Å². The molecule has 0 saturated heterocycles. The number of hydrogen-bond acceptors (Lipinski definition) is 4. The van der Waals surface area contributed by atoms with Crippen LogP contribution in [0.1, 0.15) is 15.9 Å². The number of carbonyl (C=O) groups is 1. The number of nitrogens with zero attached hydrogens (tertiary/aromatic N) is 2. The zero-order valence-electron chi connectivity index (χ0n) is 9.12. The molecule has 0 saturated carbocycles. The highest BCUT2D eigenvalue weighted by atomic mass is 32.2. The van der Waals surface area contributed by atoms with Gasteiger partial charge in [-0.15, -0.1) is 0 Å². The van der Waals surface area contributed by atoms with E-state index in [-0.39, 0.29) is 5.56 Å². The minimum absolute atomic E-state index is 0.231. The Morgan fingerprint density at radius 1 is 1.24 bits per heavy atom. The molecule has 0 unspecified atom stereocenters. The van der Waals surface area contributed by atoms with Crippen molar-refractivity contribution in [3.63, 3.8) is 0 Å². The van der Waals surface area contributed by atoms with E-state index < -0.39 is 5.97 Å². The molecule has 0 atom stereocenters. The van der Waals surface area contributed by atoms with Gasteiger partial charge in [0.05, 0.1) is 5.56 Å². The van der Waals surface area contributed by atoms with E-state index in [0.29, 0.717) is 5.03 Å². The molecule has 0 aromatic carbocycles. The van der Waals surface area contributed by atoms with Gasteiger partial charge < -0.3 is 5.11 Å². The average Bonchev–Trinajstić information content (AvgIpc) is 2.32. The highest BCUT2D eigenvalue weighted by Crippen LogP contribution is 2.24. The first-order valence-electron chi connectivity index (χ1n) is 4.95. The maximum absolute atomic E-state index is 10.8. The molecule has 0 aliphatic heterocycles. The SMILES string of the molecule is Cc1ccc(Sc2cc(C(=O)O)ccn2)nc1. The van der Waals surface area contributed by atoms with E-state index in [1.807, 2.05) is 19.1 Å². The molecular formula is C12H10N2O2S. The van der Waals surface area contributed by atoms with E-state index in [1.165, 1.54) is 30.1 Å². The van der Waals surface area contributed by atoms with Crippen LogP contribution < -0.4 is 0 Å². The van der Waals surface area contributed by atoms with Gasteiger partial charge in [-0.25, -0.2) is 14.8 Å². The Morgan fingerprint density at radius 3 is 2.71 bits per heavy atom. The van der Waals surface area contributed by atoms with E-state index >= 15 is 0 Å². The van der Waals surface area contributed by atoms with Crippen LogP contribution in [-0.2, 0) is 0 Å². The second kappa shape index (κ2) is 4.97. The number of aromatic nitrogens is 2. The van der Waals surface area contributed by atoms with Crippen LogP contribution in [0.25, 0.3) is 0 Å². The number of aromatic carboxylic acids is 1. The van der Waals surface area contributed by atoms with Gasteiger partial charge in [-0.1, -0.05) is 17.8 Å². The lowest BCUT2D eigenvalue weighted by molar-refractivity contribution is 0.0696. The van der Waals surface area contributed by atoms with E-state index in [1.54, 1.807) is 6.20 Å². The predicted octanol–water partition coefficient (Wildman–Crippen LogP) is 2.63. The van der Waals surface area contributed by atoms with Crippen LogP contribution in [0, 0.1) is 6.92 Å². The lowest BCUT2D eigenvalue weighted by atomic mass is 10.3. The molecule has 5 heteroatoms. The largest absolute Gasteiger partial charge is 0.478 e. The van der Waals surface area contributed by atoms with Gasteiger partial charge in [0, 0.05) is 12.4 Å². The van der Waals surface area contributed by atoms with Gasteiger partial charge in [0.2, 0.25) is 0 Å². The third-order valence-corrected chi connectivity index (χ3v) is 2.96. The van der Waals surface area contributed by atoms with Crippen molar-refractivity contribution < 1.29 is 9.90 Å². The summed E-state index contributed by atoms with van der Waals surface area (Å²) in [7, 11) is 0. The number of carboxylic acid groups (broad SMARTS) is 1. The van der Waals surface area contributed by atoms with Crippen LogP contribution in [-0.4, -0.2) is 21.0 Å². The molecule has 4 nitrogen and oxygen atoms in total. The molecule has 2 rings (SSSR count). The third kappa shape index (κ3) is 3.04. The molecule has 0 aliphatic rings. The van der Waals surface area contributed by atoms with Gasteiger partial charge in [-0.3, -0.25) is 0 Å². The highest BCUT2D eigenvalue weighted by molar-refractivity contribution is 7.99. The fourth-order valence-electron chi connectivity index (χ4n) is 1.22. The summed E-state index contributed by atoms with van der Waals surface area (Å²) >= 11 is 1.34. The molecule has 0 fully saturated rings. The molecule has 0 aliphatic carbocycles. The Bertz CT molecular complexity index is 540. The summed E-state index contributed by atoms with van der Waals surface area (Å²) in [5.74, 6) is -0.953. The summed E-state index contributed by atoms with van der Waals surface area (Å²) in [6, 6.07) is 6.84. The maximum Gasteiger partial charge on any atom is 0.335 e. The monoisotopic (exact) mass is 246 g/mol. The van der Waals surface area contributed by atoms with Crippen molar-refractivity contribution in [2.45, 2.75) is 17.0 Å². The Kier molecular flexibility index (Phi) is 3.39. The minimum atomic E-state index is -0.953. The summed E-state index contributed by atoms with van der Waals surface area (Å²) in [5, 5.41) is 10.3. The number of aryl methyl sites for hydroxylation is 1. The second-order valence-electron chi connectivity index (χ2n) is 3.46. The Hall–Kier alpha value is -1.88. The predicted molar refractivity (Wildman–Crippen MR) is 64.3 cm³/mol. The van der Waals surface area contributed by atoms with Gasteiger partial charge in [0.1, 0.15) is 10.1 Å². The average molecular weight is 246 g/mol. The lowest BCUT2D eigenvalue weighted by Crippen LogP contribution is -1.96. The molecule has 0 bridgehead atoms. The number of hydrogen-bond donors (Lipinski definition) is 1. The smallest absolute Gasteiger partial charge is 0.335 e. The Balaban J connectivity index is 2.21. The molecule has 1 N–H and O–H groups in total. The fourth-order valence-corrected chi connectivity index (χ4v) is 1.98. The number of rotatable bonds is 3. The van der Waals surface area contributed by atoms with Crippen molar-refractivity contribution >= 4 is 17.7 Å². The van der Waals surface area contributed by atoms with Crippen LogP contribution in [0.4, 0.5) is 0 Å². The fraction of sp³-hybridized carbons (Fsp3) is 0.0833. The van der Waals surface area contributed by atoms with E-state index in [2.05, 4.69) is 9.97 Å². The van der Waals surface area contributed by atoms with Crippen molar-refractivity contribution in [1.82, 2.24) is 9.97 Å². The van der Waals surface area contributed by atoms with Gasteiger partial charge in [-0.05, 0) is 30.7 Å². The van der Waals surface area contributed by atoms with Gasteiger partial charge in [0.25, 0.3) is 0 Å². The standard InChI is InChI=1S/C12H10N2O2S/c1-8-2-3-10(14-7-8)17-11-6-9(12(15)16)4-5-13-11/h2-7H,1H3,(H,15,16). The first-order valence-corrected chi connectivity index (χ1v) is 5.76. The maximum atomic E-state index is 10.8. The highest BCUT2D eigenvalue weighted by Gasteiger charge is 2.05. The molecule has 0 spiro atoms. The first-order chi connectivity index (χ1) is 8.15. The zero-order valence-corrected chi connectivity index (χ0v) is 9.94. The van der Waals surface area contributed by atoms with E-state index in [9.17, 15) is 4.79 Å². The van der Waals surface area contributed by atoms with Crippen LogP contribution >= 0.6 is 11.8 Å². The molecule has 0 amide bonds. The summed E-state index contributed by atoms with van der Waals surface area (Å²) in [6.45, 7) is 1.96. The third-order valence-electron chi connectivity index (χ3n) is 2.08. The molecule has 17 heavy (non-hydrogen) atoms. The van der Waals surface area contributed by atoms with Crippen molar-refractivity contribution in [2.75, 3.05) is 0 Å². The van der Waals surface area contributed by atoms with Crippen LogP contribution in [0.3, 0.4) is 0 Å². The van der Waals surface area contributed by atoms with Gasteiger partial charge >= 0.3 is 5.97 Å². The van der Waals surface area contributed by atoms with Crippen molar-refractivity contribution in [3.8, 4) is 0 Å². The summed E-state index contributed by atoms with van der Waals surface area (Å²) in [4.78, 5) is 19.1. The van der Waals surface area contributed by atoms with Crippen LogP contribution in [0.15, 0.2) is 46.7 Å². The Morgan fingerprint density at radius 2 is 2.06 bits per heavy atom. The van der Waals surface area contributed by atoms with Crippen LogP contribution in [0.5, 0.6) is 0 Å². The van der Waals surface area contributed by atoms with Crippen molar-refractivity contribution in [1.29, 1.82) is 0 Å². The topological polar surface area (TPSA) is 63.1 Å². The molecule has 0 radical (unpaired) electrons. The van der Waals surface area contributed by atoms with Crippen molar-refractivity contribution in [2.24, 2.45) is 0 Å². The summed E-state index contributed by atoms with van der Waals surface area (Å²) in [6.07, 6.45) is 3.25. The molecular weight excluding hydrogens is 236 g/mol. The number of pyridine rings is 2. The van der Waals surface area contributed by atoms with E-state index in [0.717, 1.165) is 10.6 Å². The summed E-state index contributed by atoms with van der Waals surface area (Å²) in [5.41, 5.74) is 1.32. The van der Waals surface area contributed by atoms with Crippen LogP contribution in [0.2, 0.25) is 0 Å². The first kappa shape index (κ1) is 11.6. The lowest BCUT2D eigenvalue weighted by Gasteiger charge is -2.01. The Labute approximate surface area is 103 Å². The quantitative estimate of drug-likeness (QED) is 0.902. The normalized spacial score (nSPS) is 10.2. The molecule has 86 valence electrons.